The van der Waals surface area contributed by atoms with Crippen LogP contribution in [0.15, 0.2) is 43.0 Å². The molecule has 3 nitrogen and oxygen atoms in total. The highest BCUT2D eigenvalue weighted by Crippen LogP contribution is 2.31. The second-order valence-corrected chi connectivity index (χ2v) is 4.89. The van der Waals surface area contributed by atoms with Gasteiger partial charge in [-0.3, -0.25) is 10.3 Å². The molecule has 1 aliphatic heterocycles. The molecule has 1 aromatic rings. The highest BCUT2D eigenvalue weighted by Gasteiger charge is 2.30. The number of hydrogen-bond acceptors (Lipinski definition) is 2. The maximum atomic E-state index is 7.75. The molecule has 18 heavy (non-hydrogen) atoms. The molecule has 96 valence electrons. The Morgan fingerprint density at radius 1 is 1.44 bits per heavy atom. The molecule has 1 saturated heterocycles. The van der Waals surface area contributed by atoms with Gasteiger partial charge in [-0.15, -0.1) is 6.58 Å². The van der Waals surface area contributed by atoms with Crippen LogP contribution in [0.25, 0.3) is 0 Å². The van der Waals surface area contributed by atoms with E-state index in [1.165, 1.54) is 5.56 Å². The predicted molar refractivity (Wildman–Crippen MR) is 75.9 cm³/mol. The highest BCUT2D eigenvalue weighted by atomic mass is 15.2. The van der Waals surface area contributed by atoms with Gasteiger partial charge in [0.05, 0.1) is 6.04 Å². The van der Waals surface area contributed by atoms with Gasteiger partial charge in [-0.1, -0.05) is 36.4 Å². The Kier molecular flexibility index (Phi) is 4.15. The van der Waals surface area contributed by atoms with Gasteiger partial charge in [-0.2, -0.15) is 0 Å². The van der Waals surface area contributed by atoms with Gasteiger partial charge >= 0.3 is 0 Å². The summed E-state index contributed by atoms with van der Waals surface area (Å²) in [6.07, 6.45) is 3.95. The first-order valence-electron chi connectivity index (χ1n) is 6.46. The maximum Gasteiger partial charge on any atom is 0.108 e. The van der Waals surface area contributed by atoms with Crippen LogP contribution in [0.3, 0.4) is 0 Å². The smallest absolute Gasteiger partial charge is 0.108 e. The van der Waals surface area contributed by atoms with E-state index in [2.05, 4.69) is 35.7 Å². The maximum absolute atomic E-state index is 7.75. The molecule has 0 saturated carbocycles. The number of nitrogens with one attached hydrogen (secondary N) is 1. The van der Waals surface area contributed by atoms with E-state index in [1.807, 2.05) is 12.1 Å². The van der Waals surface area contributed by atoms with Crippen molar-refractivity contribution in [2.75, 3.05) is 13.1 Å². The van der Waals surface area contributed by atoms with Crippen LogP contribution in [0.1, 0.15) is 24.3 Å². The van der Waals surface area contributed by atoms with E-state index in [1.54, 1.807) is 0 Å². The lowest BCUT2D eigenvalue weighted by atomic mass is 9.85. The first kappa shape index (κ1) is 12.8. The van der Waals surface area contributed by atoms with Crippen LogP contribution in [-0.4, -0.2) is 29.9 Å². The molecule has 1 aliphatic rings. The molecule has 0 radical (unpaired) electrons. The van der Waals surface area contributed by atoms with Gasteiger partial charge in [0.1, 0.15) is 5.84 Å². The summed E-state index contributed by atoms with van der Waals surface area (Å²) < 4.78 is 0. The van der Waals surface area contributed by atoms with Gasteiger partial charge in [0.25, 0.3) is 0 Å². The van der Waals surface area contributed by atoms with Gasteiger partial charge in [0.2, 0.25) is 0 Å². The molecular formula is C15H21N3. The second-order valence-electron chi connectivity index (χ2n) is 4.89. The zero-order valence-electron chi connectivity index (χ0n) is 10.7. The Hall–Kier alpha value is -1.61. The van der Waals surface area contributed by atoms with Gasteiger partial charge in [0.15, 0.2) is 0 Å². The topological polar surface area (TPSA) is 53.1 Å². The van der Waals surface area contributed by atoms with E-state index in [0.717, 1.165) is 25.9 Å². The lowest BCUT2D eigenvalue weighted by Crippen LogP contribution is -2.49. The highest BCUT2D eigenvalue weighted by molar-refractivity contribution is 5.83. The summed E-state index contributed by atoms with van der Waals surface area (Å²) in [7, 11) is 0. The second kappa shape index (κ2) is 5.83. The molecule has 2 rings (SSSR count). The molecule has 3 heteroatoms. The third kappa shape index (κ3) is 2.79. The first-order valence-corrected chi connectivity index (χ1v) is 6.46. The Balaban J connectivity index is 2.11. The van der Waals surface area contributed by atoms with Crippen molar-refractivity contribution in [1.82, 2.24) is 4.90 Å². The SMILES string of the molecule is C=CCN1CCC(c2ccccc2)CC1C(=N)N. The largest absolute Gasteiger partial charge is 0.386 e. The van der Waals surface area contributed by atoms with Gasteiger partial charge < -0.3 is 5.73 Å². The number of nitrogens with zero attached hydrogens (tertiary/aromatic N) is 1. The minimum absolute atomic E-state index is 0.0574. The molecule has 2 unspecified atom stereocenters. The van der Waals surface area contributed by atoms with Crippen LogP contribution in [0.2, 0.25) is 0 Å². The number of nitrogens with two attached hydrogens (primary N) is 1. The number of benzene rings is 1. The molecule has 0 bridgehead atoms. The number of hydrogen-bond donors (Lipinski definition) is 2. The Labute approximate surface area is 109 Å². The van der Waals surface area contributed by atoms with Crippen LogP contribution >= 0.6 is 0 Å². The van der Waals surface area contributed by atoms with E-state index in [4.69, 9.17) is 11.1 Å². The average Bonchev–Trinajstić information content (AvgIpc) is 2.40. The minimum Gasteiger partial charge on any atom is -0.386 e. The summed E-state index contributed by atoms with van der Waals surface area (Å²) in [5.74, 6) is 0.790. The monoisotopic (exact) mass is 243 g/mol. The van der Waals surface area contributed by atoms with E-state index < -0.39 is 0 Å². The Morgan fingerprint density at radius 2 is 2.17 bits per heavy atom. The summed E-state index contributed by atoms with van der Waals surface area (Å²) in [6, 6.07) is 10.6. The zero-order valence-corrected chi connectivity index (χ0v) is 10.7. The third-order valence-electron chi connectivity index (χ3n) is 3.71. The van der Waals surface area contributed by atoms with E-state index in [9.17, 15) is 0 Å². The summed E-state index contributed by atoms with van der Waals surface area (Å²) in [4.78, 5) is 2.24. The van der Waals surface area contributed by atoms with Crippen LogP contribution in [0.4, 0.5) is 0 Å². The molecule has 1 heterocycles. The van der Waals surface area contributed by atoms with Crippen LogP contribution < -0.4 is 5.73 Å². The Bertz CT molecular complexity index is 413. The lowest BCUT2D eigenvalue weighted by Gasteiger charge is -2.38. The van der Waals surface area contributed by atoms with Gasteiger partial charge in [-0.05, 0) is 30.9 Å². The van der Waals surface area contributed by atoms with Crippen LogP contribution in [-0.2, 0) is 0 Å². The minimum atomic E-state index is 0.0574. The van der Waals surface area contributed by atoms with Crippen molar-refractivity contribution < 1.29 is 0 Å². The standard InChI is InChI=1S/C15H21N3/c1-2-9-18-10-8-13(11-14(18)15(16)17)12-6-4-3-5-7-12/h2-7,13-14H,1,8-11H2,(H3,16,17). The molecule has 3 N–H and O–H groups in total. The summed E-state index contributed by atoms with van der Waals surface area (Å²) in [5, 5.41) is 7.75. The van der Waals surface area contributed by atoms with Crippen molar-refractivity contribution in [3.8, 4) is 0 Å². The number of amidine groups is 1. The van der Waals surface area contributed by atoms with Crippen LogP contribution in [0, 0.1) is 5.41 Å². The molecule has 1 aromatic carbocycles. The van der Waals surface area contributed by atoms with Gasteiger partial charge in [-0.25, -0.2) is 0 Å². The van der Waals surface area contributed by atoms with Crippen molar-refractivity contribution in [1.29, 1.82) is 5.41 Å². The number of piperidine rings is 1. The average molecular weight is 243 g/mol. The van der Waals surface area contributed by atoms with E-state index in [0.29, 0.717) is 5.92 Å². The van der Waals surface area contributed by atoms with E-state index >= 15 is 0 Å². The fraction of sp³-hybridized carbons (Fsp3) is 0.400. The summed E-state index contributed by atoms with van der Waals surface area (Å²) in [5.41, 5.74) is 7.10. The zero-order chi connectivity index (χ0) is 13.0. The van der Waals surface area contributed by atoms with Crippen molar-refractivity contribution >= 4 is 5.84 Å². The fourth-order valence-corrected chi connectivity index (χ4v) is 2.75. The first-order chi connectivity index (χ1) is 8.72. The third-order valence-corrected chi connectivity index (χ3v) is 3.71. The fourth-order valence-electron chi connectivity index (χ4n) is 2.75. The molecule has 2 atom stereocenters. The normalized spacial score (nSPS) is 24.7. The van der Waals surface area contributed by atoms with Crippen molar-refractivity contribution in [3.05, 3.63) is 48.6 Å². The lowest BCUT2D eigenvalue weighted by molar-refractivity contribution is 0.193. The van der Waals surface area contributed by atoms with Crippen LogP contribution in [0.5, 0.6) is 0 Å². The molecule has 0 aliphatic carbocycles. The van der Waals surface area contributed by atoms with Gasteiger partial charge in [0, 0.05) is 6.54 Å². The Morgan fingerprint density at radius 3 is 2.78 bits per heavy atom. The molecule has 0 amide bonds. The summed E-state index contributed by atoms with van der Waals surface area (Å²) >= 11 is 0. The van der Waals surface area contributed by atoms with Crippen molar-refractivity contribution in [2.45, 2.75) is 24.8 Å². The molecule has 0 spiro atoms. The predicted octanol–water partition coefficient (Wildman–Crippen LogP) is 2.36. The van der Waals surface area contributed by atoms with Crippen molar-refractivity contribution in [2.24, 2.45) is 5.73 Å². The van der Waals surface area contributed by atoms with E-state index in [-0.39, 0.29) is 11.9 Å². The summed E-state index contributed by atoms with van der Waals surface area (Å²) in [6.45, 7) is 5.57. The number of rotatable bonds is 4. The quantitative estimate of drug-likeness (QED) is 0.484. The molecule has 1 fully saturated rings. The van der Waals surface area contributed by atoms with Crippen molar-refractivity contribution in [3.63, 3.8) is 0 Å². The molecular weight excluding hydrogens is 222 g/mol. The molecule has 0 aromatic heterocycles. The number of likely N-dealkylation sites (tertiary alicyclic amines) is 1.